The van der Waals surface area contributed by atoms with E-state index in [0.717, 1.165) is 23.6 Å². The number of benzene rings is 1. The maximum Gasteiger partial charge on any atom is 0.148 e. The Morgan fingerprint density at radius 3 is 2.78 bits per heavy atom. The zero-order valence-electron chi connectivity index (χ0n) is 10.4. The van der Waals surface area contributed by atoms with E-state index in [9.17, 15) is 0 Å². The van der Waals surface area contributed by atoms with Crippen molar-refractivity contribution in [1.29, 1.82) is 0 Å². The minimum atomic E-state index is 0.603. The average Bonchev–Trinajstić information content (AvgIpc) is 2.35. The third kappa shape index (κ3) is 3.00. The van der Waals surface area contributed by atoms with E-state index in [0.29, 0.717) is 10.8 Å². The van der Waals surface area contributed by atoms with Crippen LogP contribution in [0.5, 0.6) is 11.5 Å². The normalized spacial score (nSPS) is 10.4. The summed E-state index contributed by atoms with van der Waals surface area (Å²) in [7, 11) is 1.90. The minimum Gasteiger partial charge on any atom is -0.454 e. The highest BCUT2D eigenvalue weighted by Crippen LogP contribution is 2.31. The molecule has 2 rings (SSSR count). The number of nitrogens with zero attached hydrogens (tertiary/aromatic N) is 1. The molecule has 0 unspecified atom stereocenters. The van der Waals surface area contributed by atoms with Gasteiger partial charge in [0.2, 0.25) is 0 Å². The van der Waals surface area contributed by atoms with Gasteiger partial charge < -0.3 is 10.1 Å². The summed E-state index contributed by atoms with van der Waals surface area (Å²) < 4.78 is 5.76. The van der Waals surface area contributed by atoms with Gasteiger partial charge in [0.05, 0.1) is 10.7 Å². The Kier molecular flexibility index (Phi) is 4.18. The van der Waals surface area contributed by atoms with E-state index < -0.39 is 0 Å². The molecule has 0 saturated carbocycles. The second kappa shape index (κ2) is 5.85. The lowest BCUT2D eigenvalue weighted by Crippen LogP contribution is -2.04. The van der Waals surface area contributed by atoms with Crippen LogP contribution in [-0.4, -0.2) is 12.0 Å². The molecule has 0 bridgehead atoms. The fourth-order valence-corrected chi connectivity index (χ4v) is 1.88. The van der Waals surface area contributed by atoms with Gasteiger partial charge in [-0.05, 0) is 43.8 Å². The molecule has 1 N–H and O–H groups in total. The molecule has 0 atom stereocenters. The molecule has 1 aromatic carbocycles. The molecular formula is C14H15ClN2O. The molecular weight excluding hydrogens is 248 g/mol. The summed E-state index contributed by atoms with van der Waals surface area (Å²) in [5, 5.41) is 3.68. The Morgan fingerprint density at radius 1 is 1.28 bits per heavy atom. The predicted molar refractivity (Wildman–Crippen MR) is 73.3 cm³/mol. The van der Waals surface area contributed by atoms with Gasteiger partial charge in [-0.15, -0.1) is 0 Å². The summed E-state index contributed by atoms with van der Waals surface area (Å²) in [6, 6.07) is 9.48. The molecule has 94 valence electrons. The van der Waals surface area contributed by atoms with Gasteiger partial charge in [-0.1, -0.05) is 17.7 Å². The first-order valence-corrected chi connectivity index (χ1v) is 6.11. The summed E-state index contributed by atoms with van der Waals surface area (Å²) in [6.07, 6.45) is 1.74. The molecule has 0 aliphatic carbocycles. The maximum absolute atomic E-state index is 6.19. The van der Waals surface area contributed by atoms with Crippen molar-refractivity contribution in [3.05, 3.63) is 52.8 Å². The number of nitrogens with one attached hydrogen (secondary N) is 1. The van der Waals surface area contributed by atoms with Crippen LogP contribution in [0.2, 0.25) is 5.02 Å². The summed E-state index contributed by atoms with van der Waals surface area (Å²) in [6.45, 7) is 2.69. The fourth-order valence-electron chi connectivity index (χ4n) is 1.64. The highest BCUT2D eigenvalue weighted by molar-refractivity contribution is 6.32. The van der Waals surface area contributed by atoms with E-state index in [1.807, 2.05) is 44.3 Å². The molecule has 0 aliphatic rings. The van der Waals surface area contributed by atoms with Gasteiger partial charge in [0, 0.05) is 12.7 Å². The van der Waals surface area contributed by atoms with Gasteiger partial charge in [0.15, 0.2) is 0 Å². The number of aryl methyl sites for hydroxylation is 1. The number of hydrogen-bond acceptors (Lipinski definition) is 3. The molecule has 0 aliphatic heterocycles. The average molecular weight is 263 g/mol. The smallest absolute Gasteiger partial charge is 0.148 e. The second-order valence-electron chi connectivity index (χ2n) is 3.98. The van der Waals surface area contributed by atoms with Crippen LogP contribution < -0.4 is 10.1 Å². The molecule has 2 aromatic rings. The van der Waals surface area contributed by atoms with Crippen LogP contribution in [0.3, 0.4) is 0 Å². The molecule has 1 heterocycles. The Labute approximate surface area is 112 Å². The van der Waals surface area contributed by atoms with Crippen LogP contribution in [0, 0.1) is 6.92 Å². The lowest BCUT2D eigenvalue weighted by Gasteiger charge is -2.10. The van der Waals surface area contributed by atoms with Gasteiger partial charge in [0.25, 0.3) is 0 Å². The van der Waals surface area contributed by atoms with E-state index in [4.69, 9.17) is 16.3 Å². The van der Waals surface area contributed by atoms with Crippen LogP contribution in [0.1, 0.15) is 11.3 Å². The quantitative estimate of drug-likeness (QED) is 0.915. The van der Waals surface area contributed by atoms with Gasteiger partial charge in [0.1, 0.15) is 11.5 Å². The van der Waals surface area contributed by atoms with Crippen molar-refractivity contribution in [3.63, 3.8) is 0 Å². The molecule has 3 nitrogen and oxygen atoms in total. The lowest BCUT2D eigenvalue weighted by molar-refractivity contribution is 0.475. The first-order chi connectivity index (χ1) is 8.70. The van der Waals surface area contributed by atoms with E-state index in [2.05, 4.69) is 10.3 Å². The summed E-state index contributed by atoms with van der Waals surface area (Å²) in [5.74, 6) is 1.37. The number of rotatable bonds is 4. The summed E-state index contributed by atoms with van der Waals surface area (Å²) >= 11 is 6.19. The van der Waals surface area contributed by atoms with Crippen LogP contribution >= 0.6 is 11.6 Å². The maximum atomic E-state index is 6.19. The zero-order chi connectivity index (χ0) is 13.0. The number of ether oxygens (including phenoxy) is 1. The van der Waals surface area contributed by atoms with Crippen molar-refractivity contribution in [3.8, 4) is 11.5 Å². The monoisotopic (exact) mass is 262 g/mol. The molecule has 0 spiro atoms. The number of hydrogen-bond donors (Lipinski definition) is 1. The Hall–Kier alpha value is -1.58. The predicted octanol–water partition coefficient (Wildman–Crippen LogP) is 3.56. The largest absolute Gasteiger partial charge is 0.454 e. The Balaban J connectivity index is 2.22. The SMILES string of the molecule is CNCc1ccc(Oc2cccnc2C)c(Cl)c1. The number of pyridine rings is 1. The van der Waals surface area contributed by atoms with Gasteiger partial charge in [-0.2, -0.15) is 0 Å². The summed E-state index contributed by atoms with van der Waals surface area (Å²) in [5.41, 5.74) is 1.96. The lowest BCUT2D eigenvalue weighted by atomic mass is 10.2. The molecule has 4 heteroatoms. The van der Waals surface area contributed by atoms with Crippen molar-refractivity contribution < 1.29 is 4.74 Å². The topological polar surface area (TPSA) is 34.1 Å². The van der Waals surface area contributed by atoms with E-state index >= 15 is 0 Å². The number of aromatic nitrogens is 1. The van der Waals surface area contributed by atoms with E-state index in [-0.39, 0.29) is 0 Å². The van der Waals surface area contributed by atoms with Gasteiger partial charge in [-0.25, -0.2) is 0 Å². The Morgan fingerprint density at radius 2 is 2.11 bits per heavy atom. The van der Waals surface area contributed by atoms with Crippen molar-refractivity contribution in [2.75, 3.05) is 7.05 Å². The standard InChI is InChI=1S/C14H15ClN2O/c1-10-13(4-3-7-17-10)18-14-6-5-11(9-16-2)8-12(14)15/h3-8,16H,9H2,1-2H3. The van der Waals surface area contributed by atoms with Crippen LogP contribution in [-0.2, 0) is 6.54 Å². The molecule has 18 heavy (non-hydrogen) atoms. The Bertz CT molecular complexity index is 543. The first-order valence-electron chi connectivity index (χ1n) is 5.73. The number of halogens is 1. The molecule has 0 radical (unpaired) electrons. The second-order valence-corrected chi connectivity index (χ2v) is 4.39. The van der Waals surface area contributed by atoms with Crippen molar-refractivity contribution in [2.45, 2.75) is 13.5 Å². The highest BCUT2D eigenvalue weighted by atomic mass is 35.5. The van der Waals surface area contributed by atoms with E-state index in [1.165, 1.54) is 0 Å². The van der Waals surface area contributed by atoms with Crippen LogP contribution in [0.25, 0.3) is 0 Å². The molecule has 0 fully saturated rings. The first kappa shape index (κ1) is 12.9. The van der Waals surface area contributed by atoms with E-state index in [1.54, 1.807) is 6.20 Å². The fraction of sp³-hybridized carbons (Fsp3) is 0.214. The van der Waals surface area contributed by atoms with Crippen molar-refractivity contribution >= 4 is 11.6 Å². The minimum absolute atomic E-state index is 0.603. The molecule has 1 aromatic heterocycles. The summed E-state index contributed by atoms with van der Waals surface area (Å²) in [4.78, 5) is 4.17. The third-order valence-corrected chi connectivity index (χ3v) is 2.85. The van der Waals surface area contributed by atoms with Crippen LogP contribution in [0.15, 0.2) is 36.5 Å². The molecule has 0 saturated heterocycles. The zero-order valence-corrected chi connectivity index (χ0v) is 11.2. The highest BCUT2D eigenvalue weighted by Gasteiger charge is 2.06. The van der Waals surface area contributed by atoms with Gasteiger partial charge in [-0.3, -0.25) is 4.98 Å². The van der Waals surface area contributed by atoms with Gasteiger partial charge >= 0.3 is 0 Å². The van der Waals surface area contributed by atoms with Crippen molar-refractivity contribution in [1.82, 2.24) is 10.3 Å². The van der Waals surface area contributed by atoms with Crippen LogP contribution in [0.4, 0.5) is 0 Å². The van der Waals surface area contributed by atoms with Crippen molar-refractivity contribution in [2.24, 2.45) is 0 Å². The molecule has 0 amide bonds. The third-order valence-electron chi connectivity index (χ3n) is 2.56.